The second kappa shape index (κ2) is 9.96. The maximum absolute atomic E-state index is 12.6. The molecule has 5 atom stereocenters. The fourth-order valence-electron chi connectivity index (χ4n) is 6.14. The lowest BCUT2D eigenvalue weighted by atomic mass is 9.42. The molecular weight excluding hydrogens is 420 g/mol. The molecule has 0 aromatic heterocycles. The third-order valence-electron chi connectivity index (χ3n) is 8.26. The van der Waals surface area contributed by atoms with Gasteiger partial charge in [0.05, 0.1) is 12.0 Å². The van der Waals surface area contributed by atoms with Gasteiger partial charge in [-0.3, -0.25) is 4.79 Å². The first-order valence-electron chi connectivity index (χ1n) is 12.3. The van der Waals surface area contributed by atoms with Crippen molar-refractivity contribution in [1.82, 2.24) is 0 Å². The second-order valence-corrected chi connectivity index (χ2v) is 10.8. The highest BCUT2D eigenvalue weighted by Crippen LogP contribution is 2.64. The molecule has 0 radical (unpaired) electrons. The summed E-state index contributed by atoms with van der Waals surface area (Å²) in [5.74, 6) is -1.85. The summed E-state index contributed by atoms with van der Waals surface area (Å²) in [6.45, 7) is 8.46. The van der Waals surface area contributed by atoms with Crippen molar-refractivity contribution < 1.29 is 29.3 Å². The first-order chi connectivity index (χ1) is 15.5. The smallest absolute Gasteiger partial charge is 0.336 e. The van der Waals surface area contributed by atoms with Crippen LogP contribution in [0.1, 0.15) is 79.1 Å². The second-order valence-electron chi connectivity index (χ2n) is 10.8. The molecule has 2 bridgehead atoms. The van der Waals surface area contributed by atoms with Crippen LogP contribution in [0.15, 0.2) is 35.6 Å². The number of unbranched alkanes of at least 4 members (excludes halogenated alkanes) is 3. The van der Waals surface area contributed by atoms with Crippen LogP contribution in [-0.2, 0) is 19.1 Å². The van der Waals surface area contributed by atoms with Crippen molar-refractivity contribution in [1.29, 1.82) is 0 Å². The summed E-state index contributed by atoms with van der Waals surface area (Å²) >= 11 is 0. The molecule has 3 aliphatic carbocycles. The number of carboxylic acids is 1. The Morgan fingerprint density at radius 2 is 1.97 bits per heavy atom. The van der Waals surface area contributed by atoms with E-state index in [9.17, 15) is 19.5 Å². The highest BCUT2D eigenvalue weighted by Gasteiger charge is 2.63. The number of carbonyl (C=O) groups is 3. The predicted molar refractivity (Wildman–Crippen MR) is 125 cm³/mol. The van der Waals surface area contributed by atoms with Gasteiger partial charge in [0.25, 0.3) is 0 Å². The van der Waals surface area contributed by atoms with Crippen molar-refractivity contribution in [2.75, 3.05) is 0 Å². The average molecular weight is 459 g/mol. The van der Waals surface area contributed by atoms with Gasteiger partial charge in [0.15, 0.2) is 0 Å². The van der Waals surface area contributed by atoms with Gasteiger partial charge in [-0.1, -0.05) is 59.5 Å². The number of fused-ring (bicyclic) bond motifs is 2. The number of aliphatic hydroxyl groups excluding tert-OH is 1. The number of esters is 1. The van der Waals surface area contributed by atoms with Crippen LogP contribution in [0.3, 0.4) is 0 Å². The SMILES string of the molecule is CCCCCCC(C)(C)C1=CC(O)C([C@@]2(C)[C@@H]3CCC(=O)[C@H]2C3)C(OC(=O)/C=C/C(=O)O)=C1. The maximum atomic E-state index is 12.6. The number of aliphatic hydroxyl groups is 1. The van der Waals surface area contributed by atoms with E-state index in [0.717, 1.165) is 56.3 Å². The van der Waals surface area contributed by atoms with Gasteiger partial charge >= 0.3 is 11.9 Å². The normalized spacial score (nSPS) is 31.6. The summed E-state index contributed by atoms with van der Waals surface area (Å²) in [7, 11) is 0. The topological polar surface area (TPSA) is 101 Å². The molecule has 3 aliphatic rings. The van der Waals surface area contributed by atoms with Crippen LogP contribution in [0.4, 0.5) is 0 Å². The van der Waals surface area contributed by atoms with Gasteiger partial charge in [0.2, 0.25) is 0 Å². The average Bonchev–Trinajstić information content (AvgIpc) is 2.74. The molecular formula is C27H38O6. The van der Waals surface area contributed by atoms with Crippen LogP contribution in [0, 0.1) is 28.6 Å². The van der Waals surface area contributed by atoms with Crippen LogP contribution in [0.5, 0.6) is 0 Å². The Kier molecular flexibility index (Phi) is 7.67. The molecule has 0 aromatic carbocycles. The fourth-order valence-corrected chi connectivity index (χ4v) is 6.14. The van der Waals surface area contributed by atoms with E-state index in [0.29, 0.717) is 12.2 Å². The number of ether oxygens (including phenoxy) is 1. The third kappa shape index (κ3) is 5.16. The Morgan fingerprint density at radius 3 is 2.58 bits per heavy atom. The summed E-state index contributed by atoms with van der Waals surface area (Å²) in [5, 5.41) is 20.2. The van der Waals surface area contributed by atoms with Gasteiger partial charge in [-0.2, -0.15) is 0 Å². The minimum atomic E-state index is -1.24. The number of hydrogen-bond donors (Lipinski definition) is 2. The van der Waals surface area contributed by atoms with Crippen LogP contribution in [-0.4, -0.2) is 34.0 Å². The van der Waals surface area contributed by atoms with E-state index < -0.39 is 29.4 Å². The molecule has 2 unspecified atom stereocenters. The van der Waals surface area contributed by atoms with Crippen molar-refractivity contribution in [3.8, 4) is 0 Å². The van der Waals surface area contributed by atoms with Gasteiger partial charge in [-0.15, -0.1) is 0 Å². The number of carbonyl (C=O) groups excluding carboxylic acids is 2. The largest absolute Gasteiger partial charge is 0.478 e. The van der Waals surface area contributed by atoms with E-state index in [1.807, 2.05) is 19.1 Å². The molecule has 33 heavy (non-hydrogen) atoms. The minimum Gasteiger partial charge on any atom is -0.478 e. The van der Waals surface area contributed by atoms with E-state index >= 15 is 0 Å². The van der Waals surface area contributed by atoms with Crippen molar-refractivity contribution in [2.45, 2.75) is 85.2 Å². The Bertz CT molecular complexity index is 877. The summed E-state index contributed by atoms with van der Waals surface area (Å²) in [4.78, 5) is 35.9. The van der Waals surface area contributed by atoms with Crippen molar-refractivity contribution in [2.24, 2.45) is 28.6 Å². The first-order valence-corrected chi connectivity index (χ1v) is 12.3. The predicted octanol–water partition coefficient (Wildman–Crippen LogP) is 4.97. The van der Waals surface area contributed by atoms with E-state index in [2.05, 4.69) is 20.8 Å². The number of Topliss-reactive ketones (excluding diaryl/α,β-unsaturated/α-hetero) is 1. The number of carboxylic acid groups (broad SMARTS) is 1. The highest BCUT2D eigenvalue weighted by atomic mass is 16.5. The van der Waals surface area contributed by atoms with Crippen LogP contribution >= 0.6 is 0 Å². The Hall–Kier alpha value is -2.21. The molecule has 182 valence electrons. The van der Waals surface area contributed by atoms with Gasteiger partial charge in [0.1, 0.15) is 11.5 Å². The molecule has 3 rings (SSSR count). The monoisotopic (exact) mass is 458 g/mol. The lowest BCUT2D eigenvalue weighted by Gasteiger charge is -2.61. The zero-order valence-corrected chi connectivity index (χ0v) is 20.3. The van der Waals surface area contributed by atoms with Crippen LogP contribution in [0.25, 0.3) is 0 Å². The molecule has 6 nitrogen and oxygen atoms in total. The Morgan fingerprint density at radius 1 is 1.24 bits per heavy atom. The lowest BCUT2D eigenvalue weighted by Crippen LogP contribution is -2.61. The Balaban J connectivity index is 1.91. The molecule has 0 aromatic rings. The fraction of sp³-hybridized carbons (Fsp3) is 0.667. The van der Waals surface area contributed by atoms with E-state index in [1.165, 1.54) is 6.42 Å². The Labute approximate surface area is 196 Å². The third-order valence-corrected chi connectivity index (χ3v) is 8.26. The molecule has 0 spiro atoms. The zero-order valence-electron chi connectivity index (χ0n) is 20.3. The first kappa shape index (κ1) is 25.4. The summed E-state index contributed by atoms with van der Waals surface area (Å²) in [5.41, 5.74) is 0.206. The van der Waals surface area contributed by atoms with E-state index in [-0.39, 0.29) is 23.0 Å². The van der Waals surface area contributed by atoms with Crippen LogP contribution in [0.2, 0.25) is 0 Å². The lowest BCUT2D eigenvalue weighted by molar-refractivity contribution is -0.170. The zero-order chi connectivity index (χ0) is 24.4. The maximum Gasteiger partial charge on any atom is 0.336 e. The summed E-state index contributed by atoms with van der Waals surface area (Å²) < 4.78 is 5.68. The van der Waals surface area contributed by atoms with E-state index in [4.69, 9.17) is 9.84 Å². The molecule has 0 aliphatic heterocycles. The number of rotatable bonds is 10. The van der Waals surface area contributed by atoms with Gasteiger partial charge in [0, 0.05) is 24.5 Å². The molecule has 2 saturated carbocycles. The number of allylic oxidation sites excluding steroid dienone is 2. The molecule has 2 N–H and O–H groups in total. The quantitative estimate of drug-likeness (QED) is 0.272. The molecule has 6 heteroatoms. The van der Waals surface area contributed by atoms with Crippen molar-refractivity contribution in [3.05, 3.63) is 35.6 Å². The number of hydrogen-bond acceptors (Lipinski definition) is 5. The number of ketones is 1. The van der Waals surface area contributed by atoms with Gasteiger partial charge < -0.3 is 14.9 Å². The highest BCUT2D eigenvalue weighted by molar-refractivity contribution is 5.91. The standard InChI is InChI=1S/C27H38O6/c1-5-6-7-8-13-26(2,3)18-15-21(29)25(22(16-18)33-24(32)12-11-23(30)31)27(4)17-9-10-20(28)19(27)14-17/h11-12,15-17,19,21,25,29H,5-10,13-14H2,1-4H3,(H,30,31)/b12-11+/t17-,19-,21?,25?,27+/m1/s1. The molecule has 0 amide bonds. The van der Waals surface area contributed by atoms with Crippen molar-refractivity contribution in [3.63, 3.8) is 0 Å². The molecule has 2 fully saturated rings. The minimum absolute atomic E-state index is 0.149. The van der Waals surface area contributed by atoms with Gasteiger partial charge in [-0.05, 0) is 47.7 Å². The van der Waals surface area contributed by atoms with Gasteiger partial charge in [-0.25, -0.2) is 9.59 Å². The van der Waals surface area contributed by atoms with Crippen molar-refractivity contribution >= 4 is 17.7 Å². The summed E-state index contributed by atoms with van der Waals surface area (Å²) in [6.07, 6.45) is 12.1. The molecule has 0 heterocycles. The molecule has 0 saturated heterocycles. The summed E-state index contributed by atoms with van der Waals surface area (Å²) in [6, 6.07) is 0. The van der Waals surface area contributed by atoms with Crippen LogP contribution < -0.4 is 0 Å². The van der Waals surface area contributed by atoms with E-state index in [1.54, 1.807) is 0 Å². The number of aliphatic carboxylic acids is 1.